The third kappa shape index (κ3) is 5.08. The van der Waals surface area contributed by atoms with E-state index in [0.29, 0.717) is 28.4 Å². The monoisotopic (exact) mass is 490 g/mol. The molecular formula is C29H31FN2O2S. The van der Waals surface area contributed by atoms with Gasteiger partial charge in [-0.05, 0) is 41.8 Å². The number of rotatable bonds is 9. The number of benzene rings is 3. The van der Waals surface area contributed by atoms with Crippen LogP contribution in [0, 0.1) is 11.7 Å². The smallest absolute Gasteiger partial charge is 0.255 e. The molecule has 0 radical (unpaired) electrons. The van der Waals surface area contributed by atoms with Crippen LogP contribution >= 0.6 is 11.9 Å². The van der Waals surface area contributed by atoms with Crippen molar-refractivity contribution in [1.29, 1.82) is 0 Å². The maximum atomic E-state index is 13.6. The molecule has 0 aliphatic rings. The van der Waals surface area contributed by atoms with Crippen LogP contribution in [0.3, 0.4) is 0 Å². The van der Waals surface area contributed by atoms with Crippen LogP contribution < -0.4 is 9.62 Å². The average Bonchev–Trinajstić information content (AvgIpc) is 3.27. The number of amides is 1. The van der Waals surface area contributed by atoms with Crippen molar-refractivity contribution in [2.75, 3.05) is 24.2 Å². The van der Waals surface area contributed by atoms with Crippen LogP contribution in [0.4, 0.5) is 10.1 Å². The number of carbonyl (C=O) groups is 1. The van der Waals surface area contributed by atoms with Gasteiger partial charge in [0.2, 0.25) is 0 Å². The Morgan fingerprint density at radius 2 is 1.71 bits per heavy atom. The number of hydrogen-bond acceptors (Lipinski definition) is 4. The Hall–Kier alpha value is -3.25. The molecule has 1 amide bonds. The summed E-state index contributed by atoms with van der Waals surface area (Å²) in [5.41, 5.74) is 4.89. The maximum Gasteiger partial charge on any atom is 0.255 e. The second-order valence-corrected chi connectivity index (χ2v) is 9.36. The van der Waals surface area contributed by atoms with E-state index in [4.69, 9.17) is 4.42 Å². The highest BCUT2D eigenvalue weighted by Crippen LogP contribution is 2.42. The van der Waals surface area contributed by atoms with Crippen LogP contribution in [0.5, 0.6) is 0 Å². The summed E-state index contributed by atoms with van der Waals surface area (Å²) in [5.74, 6) is 0.423. The zero-order valence-electron chi connectivity index (χ0n) is 20.6. The number of carbonyl (C=O) groups excluding carboxylic acids is 1. The summed E-state index contributed by atoms with van der Waals surface area (Å²) < 4.78 is 22.2. The predicted octanol–water partition coefficient (Wildman–Crippen LogP) is 7.79. The lowest BCUT2D eigenvalue weighted by Crippen LogP contribution is -2.23. The van der Waals surface area contributed by atoms with E-state index in [9.17, 15) is 9.18 Å². The Labute approximate surface area is 210 Å². The fourth-order valence-corrected chi connectivity index (χ4v) is 5.10. The number of hydrogen-bond donors (Lipinski definition) is 1. The highest BCUT2D eigenvalue weighted by Gasteiger charge is 2.25. The molecule has 182 valence electrons. The molecule has 1 aromatic heterocycles. The number of nitrogens with one attached hydrogen (secondary N) is 1. The van der Waals surface area contributed by atoms with E-state index in [2.05, 4.69) is 47.9 Å². The quantitative estimate of drug-likeness (QED) is 0.243. The number of halogens is 1. The molecule has 0 aliphatic carbocycles. The summed E-state index contributed by atoms with van der Waals surface area (Å²) in [7, 11) is 1.60. The molecule has 4 aromatic rings. The summed E-state index contributed by atoms with van der Waals surface area (Å²) in [6, 6.07) is 20.3. The van der Waals surface area contributed by atoms with Gasteiger partial charge in [-0.1, -0.05) is 69.0 Å². The predicted molar refractivity (Wildman–Crippen MR) is 145 cm³/mol. The van der Waals surface area contributed by atoms with Crippen molar-refractivity contribution >= 4 is 34.5 Å². The highest BCUT2D eigenvalue weighted by molar-refractivity contribution is 8.00. The van der Waals surface area contributed by atoms with Gasteiger partial charge in [0, 0.05) is 42.4 Å². The molecule has 0 bridgehead atoms. The summed E-state index contributed by atoms with van der Waals surface area (Å²) in [5, 5.41) is 3.47. The molecule has 0 unspecified atom stereocenters. The van der Waals surface area contributed by atoms with Gasteiger partial charge in [0.1, 0.15) is 17.2 Å². The van der Waals surface area contributed by atoms with Crippen LogP contribution in [-0.4, -0.2) is 25.8 Å². The van der Waals surface area contributed by atoms with Crippen molar-refractivity contribution in [3.63, 3.8) is 0 Å². The first-order valence-corrected chi connectivity index (χ1v) is 13.1. The van der Waals surface area contributed by atoms with Gasteiger partial charge in [-0.2, -0.15) is 0 Å². The largest absolute Gasteiger partial charge is 0.455 e. The van der Waals surface area contributed by atoms with E-state index in [-0.39, 0.29) is 11.7 Å². The Kier molecular flexibility index (Phi) is 7.81. The maximum absolute atomic E-state index is 13.6. The molecule has 6 heteroatoms. The number of nitrogens with zero attached hydrogens (tertiary/aromatic N) is 1. The summed E-state index contributed by atoms with van der Waals surface area (Å²) in [6.07, 6.45) is 4.29. The Morgan fingerprint density at radius 3 is 2.31 bits per heavy atom. The number of anilines is 1. The number of fused-ring (bicyclic) bond motifs is 1. The molecule has 4 rings (SSSR count). The first-order valence-electron chi connectivity index (χ1n) is 12.0. The Bertz CT molecular complexity index is 1300. The van der Waals surface area contributed by atoms with E-state index in [1.54, 1.807) is 31.1 Å². The lowest BCUT2D eigenvalue weighted by atomic mass is 9.97. The molecule has 35 heavy (non-hydrogen) atoms. The van der Waals surface area contributed by atoms with Crippen molar-refractivity contribution in [1.82, 2.24) is 5.32 Å². The summed E-state index contributed by atoms with van der Waals surface area (Å²) in [4.78, 5) is 13.0. The van der Waals surface area contributed by atoms with Crippen molar-refractivity contribution < 1.29 is 13.6 Å². The van der Waals surface area contributed by atoms with Crippen molar-refractivity contribution in [3.05, 3.63) is 78.1 Å². The van der Waals surface area contributed by atoms with Gasteiger partial charge in [-0.3, -0.25) is 4.79 Å². The standard InChI is InChI=1S/C29H31FN2O2S/c1-5-19(6-2)18-32(35-4)25-17-26-24(16-23(25)20-10-8-7-9-11-20)27(29(33)31-3)28(34-26)21-12-14-22(30)15-13-21/h7-17,19H,5-6,18H2,1-4H3,(H,31,33). The van der Waals surface area contributed by atoms with Gasteiger partial charge >= 0.3 is 0 Å². The first kappa shape index (κ1) is 24.9. The third-order valence-electron chi connectivity index (χ3n) is 6.52. The van der Waals surface area contributed by atoms with Gasteiger partial charge in [0.05, 0.1) is 11.3 Å². The molecule has 0 aliphatic heterocycles. The SMILES string of the molecule is CCC(CC)CN(SC)c1cc2oc(-c3ccc(F)cc3)c(C(=O)NC)c2cc1-c1ccccc1. The van der Waals surface area contributed by atoms with Crippen molar-refractivity contribution in [2.45, 2.75) is 26.7 Å². The minimum Gasteiger partial charge on any atom is -0.455 e. The topological polar surface area (TPSA) is 45.5 Å². The Morgan fingerprint density at radius 1 is 1.03 bits per heavy atom. The van der Waals surface area contributed by atoms with Gasteiger partial charge < -0.3 is 14.0 Å². The lowest BCUT2D eigenvalue weighted by molar-refractivity contribution is 0.0964. The molecular weight excluding hydrogens is 459 g/mol. The molecule has 4 nitrogen and oxygen atoms in total. The zero-order valence-corrected chi connectivity index (χ0v) is 21.4. The lowest BCUT2D eigenvalue weighted by Gasteiger charge is -2.28. The molecule has 0 saturated heterocycles. The van der Waals surface area contributed by atoms with Gasteiger partial charge in [-0.25, -0.2) is 4.39 Å². The van der Waals surface area contributed by atoms with Crippen LogP contribution in [0.2, 0.25) is 0 Å². The van der Waals surface area contributed by atoms with E-state index < -0.39 is 0 Å². The molecule has 1 N–H and O–H groups in total. The van der Waals surface area contributed by atoms with Crippen LogP contribution in [0.25, 0.3) is 33.4 Å². The van der Waals surface area contributed by atoms with Gasteiger partial charge in [0.25, 0.3) is 5.91 Å². The minimum atomic E-state index is -0.336. The fourth-order valence-electron chi connectivity index (χ4n) is 4.40. The van der Waals surface area contributed by atoms with Gasteiger partial charge in [0.15, 0.2) is 0 Å². The second kappa shape index (κ2) is 11.0. The first-order chi connectivity index (χ1) is 17.0. The second-order valence-electron chi connectivity index (χ2n) is 8.55. The normalized spacial score (nSPS) is 11.3. The van der Waals surface area contributed by atoms with E-state index in [1.165, 1.54) is 12.1 Å². The fraction of sp³-hybridized carbons (Fsp3) is 0.276. The summed E-state index contributed by atoms with van der Waals surface area (Å²) >= 11 is 1.69. The third-order valence-corrected chi connectivity index (χ3v) is 7.31. The van der Waals surface area contributed by atoms with E-state index in [0.717, 1.165) is 41.6 Å². The van der Waals surface area contributed by atoms with E-state index >= 15 is 0 Å². The minimum absolute atomic E-state index is 0.242. The summed E-state index contributed by atoms with van der Waals surface area (Å²) in [6.45, 7) is 5.36. The van der Waals surface area contributed by atoms with Crippen LogP contribution in [0.15, 0.2) is 71.1 Å². The molecule has 1 heterocycles. The molecule has 0 saturated carbocycles. The average molecular weight is 491 g/mol. The molecule has 0 spiro atoms. The van der Waals surface area contributed by atoms with Gasteiger partial charge in [-0.15, -0.1) is 0 Å². The van der Waals surface area contributed by atoms with Crippen molar-refractivity contribution in [3.8, 4) is 22.5 Å². The van der Waals surface area contributed by atoms with Crippen molar-refractivity contribution in [2.24, 2.45) is 5.92 Å². The molecule has 0 fully saturated rings. The molecule has 0 atom stereocenters. The van der Waals surface area contributed by atoms with Crippen LogP contribution in [-0.2, 0) is 0 Å². The Balaban J connectivity index is 1.99. The zero-order chi connectivity index (χ0) is 24.9. The molecule has 3 aromatic carbocycles. The van der Waals surface area contributed by atoms with E-state index in [1.807, 2.05) is 24.3 Å². The highest BCUT2D eigenvalue weighted by atomic mass is 32.2. The van der Waals surface area contributed by atoms with Crippen LogP contribution in [0.1, 0.15) is 37.0 Å². The number of furan rings is 1.